The maximum atomic E-state index is 13.4. The van der Waals surface area contributed by atoms with E-state index in [-0.39, 0.29) is 23.9 Å². The summed E-state index contributed by atoms with van der Waals surface area (Å²) < 4.78 is 10.2. The molecule has 52 heavy (non-hydrogen) atoms. The van der Waals surface area contributed by atoms with Crippen LogP contribution in [0.25, 0.3) is 22.4 Å². The molecule has 0 bridgehead atoms. The monoisotopic (exact) mass is 714 g/mol. The van der Waals surface area contributed by atoms with Crippen molar-refractivity contribution in [3.05, 3.63) is 77.6 Å². The summed E-state index contributed by atoms with van der Waals surface area (Å²) >= 11 is 0. The van der Waals surface area contributed by atoms with E-state index in [1.807, 2.05) is 55.5 Å². The van der Waals surface area contributed by atoms with Crippen LogP contribution in [0.1, 0.15) is 70.7 Å². The van der Waals surface area contributed by atoms with E-state index in [2.05, 4.69) is 37.2 Å². The zero-order chi connectivity index (χ0) is 37.4. The van der Waals surface area contributed by atoms with Crippen molar-refractivity contribution >= 4 is 29.7 Å². The van der Waals surface area contributed by atoms with E-state index in [4.69, 9.17) is 4.74 Å². The van der Waals surface area contributed by atoms with Crippen LogP contribution in [-0.4, -0.2) is 88.6 Å². The maximum absolute atomic E-state index is 13.4. The highest BCUT2D eigenvalue weighted by molar-refractivity contribution is 5.94. The Kier molecular flexibility index (Phi) is 12.4. The Morgan fingerprint density at radius 3 is 2.21 bits per heavy atom. The standard InChI is InChI=1S/C38H47N7O7/c1-6-8-29(43-38(49)52-5)36(47)44-20-7-9-32(44)34-39-22-30(42-34)27-12-10-25(11-13-27)26-14-16-28(17-15-26)41-35(46)33-19-18-31(45(33)50)23(2)21-24(3)40-37(48)51-4/h10-17,22,24,29,31-33H,2,6-9,18-21H2,1,3-5H3,(H3-,39,40,41,42,43,46,48,49)/p+1. The molecule has 3 aromatic rings. The van der Waals surface area contributed by atoms with E-state index in [0.717, 1.165) is 46.4 Å². The van der Waals surface area contributed by atoms with Gasteiger partial charge in [0.25, 0.3) is 11.9 Å². The number of hydrogen-bond acceptors (Lipinski definition) is 8. The van der Waals surface area contributed by atoms with Gasteiger partial charge < -0.3 is 35.3 Å². The fourth-order valence-corrected chi connectivity index (χ4v) is 6.99. The normalized spacial score (nSPS) is 19.4. The van der Waals surface area contributed by atoms with Gasteiger partial charge in [-0.15, -0.1) is 0 Å². The third kappa shape index (κ3) is 8.85. The van der Waals surface area contributed by atoms with Gasteiger partial charge in [0.2, 0.25) is 11.9 Å². The summed E-state index contributed by atoms with van der Waals surface area (Å²) in [4.78, 5) is 72.7. The highest BCUT2D eigenvalue weighted by Gasteiger charge is 2.47. The number of nitrogens with zero attached hydrogens (tertiary/aromatic N) is 3. The predicted octanol–water partition coefficient (Wildman–Crippen LogP) is 5.87. The first-order valence-corrected chi connectivity index (χ1v) is 17.7. The number of anilines is 1. The highest BCUT2D eigenvalue weighted by Crippen LogP contribution is 2.33. The molecule has 2 aliphatic rings. The van der Waals surface area contributed by atoms with Gasteiger partial charge in [-0.25, -0.2) is 14.6 Å². The molecule has 2 saturated heterocycles. The summed E-state index contributed by atoms with van der Waals surface area (Å²) in [5.41, 5.74) is 4.95. The van der Waals surface area contributed by atoms with Crippen LogP contribution >= 0.6 is 0 Å². The zero-order valence-corrected chi connectivity index (χ0v) is 30.1. The van der Waals surface area contributed by atoms with Crippen LogP contribution in [0.4, 0.5) is 15.3 Å². The largest absolute Gasteiger partial charge is 0.453 e. The minimum Gasteiger partial charge on any atom is -0.453 e. The molecule has 3 heterocycles. The highest BCUT2D eigenvalue weighted by atomic mass is 16.5. The smallest absolute Gasteiger partial charge is 0.407 e. The first-order valence-electron chi connectivity index (χ1n) is 17.7. The van der Waals surface area contributed by atoms with E-state index >= 15 is 0 Å². The van der Waals surface area contributed by atoms with Crippen LogP contribution < -0.4 is 16.0 Å². The number of methoxy groups -OCH3 is 2. The molecule has 4 N–H and O–H groups in total. The Hall–Kier alpha value is -5.53. The van der Waals surface area contributed by atoms with Gasteiger partial charge in [0.1, 0.15) is 11.9 Å². The Morgan fingerprint density at radius 2 is 1.56 bits per heavy atom. The molecule has 14 heteroatoms. The summed E-state index contributed by atoms with van der Waals surface area (Å²) in [7, 11) is 2.57. The average molecular weight is 715 g/mol. The fraction of sp³-hybridized carbons (Fsp3) is 0.447. The molecule has 5 rings (SSSR count). The van der Waals surface area contributed by atoms with Gasteiger partial charge in [0.15, 0.2) is 0 Å². The van der Waals surface area contributed by atoms with Crippen LogP contribution in [0.3, 0.4) is 0 Å². The number of carbonyl (C=O) groups excluding carboxylic acids is 4. The number of aromatic amines is 1. The Morgan fingerprint density at radius 1 is 0.942 bits per heavy atom. The number of hydrogen-bond donors (Lipinski definition) is 4. The maximum Gasteiger partial charge on any atom is 0.407 e. The van der Waals surface area contributed by atoms with Gasteiger partial charge in [0, 0.05) is 40.8 Å². The molecule has 2 fully saturated rings. The van der Waals surface area contributed by atoms with E-state index < -0.39 is 30.3 Å². The van der Waals surface area contributed by atoms with Crippen molar-refractivity contribution in [3.63, 3.8) is 0 Å². The summed E-state index contributed by atoms with van der Waals surface area (Å²) in [5.74, 6) is 0.198. The first-order chi connectivity index (χ1) is 25.0. The fourth-order valence-electron chi connectivity index (χ4n) is 6.99. The molecular weight excluding hydrogens is 666 g/mol. The lowest BCUT2D eigenvalue weighted by molar-refractivity contribution is -0.577. The molecule has 2 aliphatic heterocycles. The number of benzene rings is 2. The van der Waals surface area contributed by atoms with Crippen molar-refractivity contribution in [2.75, 3.05) is 26.1 Å². The number of amides is 4. The number of carbonyl (C=O) groups is 4. The van der Waals surface area contributed by atoms with E-state index in [0.29, 0.717) is 49.3 Å². The molecule has 14 nitrogen and oxygen atoms in total. The number of nitroso groups, excluding NO2 is 1. The molecule has 0 spiro atoms. The van der Waals surface area contributed by atoms with Gasteiger partial charge in [-0.3, -0.25) is 9.59 Å². The topological polar surface area (TPSA) is 175 Å². The number of H-pyrrole nitrogens is 1. The van der Waals surface area contributed by atoms with Crippen LogP contribution in [0, 0.1) is 4.91 Å². The van der Waals surface area contributed by atoms with Crippen molar-refractivity contribution in [1.29, 1.82) is 0 Å². The Balaban J connectivity index is 1.17. The number of ether oxygens (including phenoxy) is 2. The number of nitrogens with one attached hydrogen (secondary N) is 4. The summed E-state index contributed by atoms with van der Waals surface area (Å²) in [6, 6.07) is 13.0. The third-order valence-corrected chi connectivity index (χ3v) is 9.70. The van der Waals surface area contributed by atoms with Gasteiger partial charge >= 0.3 is 12.2 Å². The lowest BCUT2D eigenvalue weighted by Crippen LogP contribution is -2.48. The molecule has 0 radical (unpaired) electrons. The summed E-state index contributed by atoms with van der Waals surface area (Å²) in [6.07, 6.45) is 4.78. The summed E-state index contributed by atoms with van der Waals surface area (Å²) in [6.45, 7) is 8.41. The van der Waals surface area contributed by atoms with Crippen molar-refractivity contribution in [3.8, 4) is 22.4 Å². The molecule has 0 aliphatic carbocycles. The minimum absolute atomic E-state index is 0.137. The minimum atomic E-state index is -0.834. The molecule has 1 aromatic heterocycles. The van der Waals surface area contributed by atoms with Crippen LogP contribution in [0.5, 0.6) is 0 Å². The van der Waals surface area contributed by atoms with E-state index in [1.54, 1.807) is 18.0 Å². The van der Waals surface area contributed by atoms with Crippen molar-refractivity contribution in [2.24, 2.45) is 0 Å². The summed E-state index contributed by atoms with van der Waals surface area (Å²) in [5, 5.41) is 8.22. The number of rotatable bonds is 13. The van der Waals surface area contributed by atoms with E-state index in [9.17, 15) is 24.1 Å². The third-order valence-electron chi connectivity index (χ3n) is 9.70. The quantitative estimate of drug-likeness (QED) is 0.126. The van der Waals surface area contributed by atoms with Gasteiger partial charge in [0.05, 0.1) is 32.2 Å². The zero-order valence-electron chi connectivity index (χ0n) is 30.1. The van der Waals surface area contributed by atoms with Gasteiger partial charge in [-0.2, -0.15) is 0 Å². The number of likely N-dealkylation sites (tertiary alicyclic amines) is 1. The Labute approximate surface area is 303 Å². The lowest BCUT2D eigenvalue weighted by Gasteiger charge is -2.28. The second-order valence-electron chi connectivity index (χ2n) is 13.4. The molecule has 2 aromatic carbocycles. The number of aromatic nitrogens is 2. The second-order valence-corrected chi connectivity index (χ2v) is 13.4. The van der Waals surface area contributed by atoms with E-state index in [1.165, 1.54) is 14.2 Å². The average Bonchev–Trinajstić information content (AvgIpc) is 3.91. The SMILES string of the molecule is C=C(CC(C)NC(=O)OC)C1CCC(C(=O)Nc2ccc(-c3ccc(-c4cnc(C5CCCN5C(=O)C(CCC)NC(=O)OC)[nH]4)cc3)cc2)[N+]1=O. The van der Waals surface area contributed by atoms with Crippen molar-refractivity contribution in [1.82, 2.24) is 25.5 Å². The molecule has 0 saturated carbocycles. The first kappa shape index (κ1) is 37.7. The molecule has 4 amide bonds. The van der Waals surface area contributed by atoms with Crippen molar-refractivity contribution < 1.29 is 33.4 Å². The van der Waals surface area contributed by atoms with Crippen LogP contribution in [0.2, 0.25) is 0 Å². The predicted molar refractivity (Wildman–Crippen MR) is 195 cm³/mol. The molecule has 276 valence electrons. The van der Waals surface area contributed by atoms with Crippen LogP contribution in [0.15, 0.2) is 66.9 Å². The van der Waals surface area contributed by atoms with Gasteiger partial charge in [-0.05, 0) is 67.0 Å². The second kappa shape index (κ2) is 17.1. The van der Waals surface area contributed by atoms with Crippen molar-refractivity contribution in [2.45, 2.75) is 89.0 Å². The van der Waals surface area contributed by atoms with Crippen LogP contribution in [-0.2, 0) is 19.1 Å². The van der Waals surface area contributed by atoms with Gasteiger partial charge in [-0.1, -0.05) is 56.3 Å². The Bertz CT molecular complexity index is 1770. The molecule has 5 atom stereocenters. The lowest BCUT2D eigenvalue weighted by atomic mass is 10.0. The molecule has 5 unspecified atom stereocenters. The molecular formula is C38H48N7O7+. The number of imidazole rings is 1. The number of alkyl carbamates (subject to hydrolysis) is 2.